The van der Waals surface area contributed by atoms with Gasteiger partial charge in [0.1, 0.15) is 11.3 Å². The van der Waals surface area contributed by atoms with Crippen LogP contribution in [0.15, 0.2) is 30.7 Å². The molecule has 10 heteroatoms. The molecule has 5 heterocycles. The molecule has 0 bridgehead atoms. The van der Waals surface area contributed by atoms with E-state index in [0.717, 1.165) is 36.8 Å². The molecule has 0 radical (unpaired) electrons. The van der Waals surface area contributed by atoms with Gasteiger partial charge in [-0.3, -0.25) is 0 Å². The monoisotopic (exact) mass is 412 g/mol. The summed E-state index contributed by atoms with van der Waals surface area (Å²) in [5.41, 5.74) is 2.12. The third-order valence-corrected chi connectivity index (χ3v) is 5.71. The van der Waals surface area contributed by atoms with Crippen LogP contribution in [-0.2, 0) is 0 Å². The van der Waals surface area contributed by atoms with Crippen LogP contribution in [0.3, 0.4) is 0 Å². The highest BCUT2D eigenvalue weighted by molar-refractivity contribution is 5.92. The fraction of sp³-hybridized carbons (Fsp3) is 0.400. The van der Waals surface area contributed by atoms with Crippen LogP contribution in [0.25, 0.3) is 27.9 Å². The minimum absolute atomic E-state index is 0.233. The van der Waals surface area contributed by atoms with E-state index >= 15 is 0 Å². The number of piperidine rings is 1. The summed E-state index contributed by atoms with van der Waals surface area (Å²) in [6, 6.07) is 3.43. The highest BCUT2D eigenvalue weighted by Crippen LogP contribution is 2.28. The SMILES string of the molecule is CN1CCC(CNc2ncc3c(-c4ccc5ncc(C(F)F)n5n4)c[nH]c3n2)CC1. The molecular weight excluding hydrogens is 390 g/mol. The summed E-state index contributed by atoms with van der Waals surface area (Å²) in [6.07, 6.45) is 4.35. The zero-order chi connectivity index (χ0) is 20.7. The zero-order valence-corrected chi connectivity index (χ0v) is 16.5. The first-order valence-electron chi connectivity index (χ1n) is 9.98. The van der Waals surface area contributed by atoms with E-state index in [4.69, 9.17) is 0 Å². The van der Waals surface area contributed by atoms with Crippen LogP contribution in [0.1, 0.15) is 25.0 Å². The maximum absolute atomic E-state index is 13.2. The van der Waals surface area contributed by atoms with Crippen LogP contribution in [0.5, 0.6) is 0 Å². The van der Waals surface area contributed by atoms with Gasteiger partial charge in [0.25, 0.3) is 6.43 Å². The van der Waals surface area contributed by atoms with Crippen molar-refractivity contribution in [3.05, 3.63) is 36.4 Å². The predicted octanol–water partition coefficient (Wildman–Crippen LogP) is 3.36. The van der Waals surface area contributed by atoms with Gasteiger partial charge >= 0.3 is 0 Å². The standard InChI is InChI=1S/C20H22F2N8/c1-29-6-4-12(5-7-29)8-25-20-26-10-14-13(9-24-19(14)27-20)15-2-3-17-23-11-16(18(21)22)30(17)28-15/h2-3,9-12,18H,4-8H2,1H3,(H2,24,25,26,27). The van der Waals surface area contributed by atoms with Crippen LogP contribution < -0.4 is 5.32 Å². The van der Waals surface area contributed by atoms with Crippen molar-refractivity contribution in [1.29, 1.82) is 0 Å². The van der Waals surface area contributed by atoms with Gasteiger partial charge in [-0.25, -0.2) is 23.3 Å². The first-order chi connectivity index (χ1) is 14.6. The normalized spacial score (nSPS) is 16.1. The van der Waals surface area contributed by atoms with Crippen LogP contribution in [0, 0.1) is 5.92 Å². The second kappa shape index (κ2) is 7.60. The van der Waals surface area contributed by atoms with Gasteiger partial charge in [0.05, 0.1) is 11.9 Å². The summed E-state index contributed by atoms with van der Waals surface area (Å²) in [6.45, 7) is 3.09. The highest BCUT2D eigenvalue weighted by atomic mass is 19.3. The van der Waals surface area contributed by atoms with Gasteiger partial charge in [-0.2, -0.15) is 10.1 Å². The Morgan fingerprint density at radius 1 is 1.20 bits per heavy atom. The molecule has 1 aliphatic rings. The number of H-pyrrole nitrogens is 1. The molecule has 0 spiro atoms. The molecule has 156 valence electrons. The highest BCUT2D eigenvalue weighted by Gasteiger charge is 2.18. The average Bonchev–Trinajstić information content (AvgIpc) is 3.36. The van der Waals surface area contributed by atoms with Crippen molar-refractivity contribution in [3.8, 4) is 11.3 Å². The Kier molecular flexibility index (Phi) is 4.78. The molecule has 0 aromatic carbocycles. The second-order valence-corrected chi connectivity index (χ2v) is 7.76. The predicted molar refractivity (Wildman–Crippen MR) is 110 cm³/mol. The molecule has 1 saturated heterocycles. The molecule has 5 rings (SSSR count). The number of nitrogens with one attached hydrogen (secondary N) is 2. The van der Waals surface area contributed by atoms with Crippen molar-refractivity contribution in [2.75, 3.05) is 32.0 Å². The third kappa shape index (κ3) is 3.47. The number of halogens is 2. The average molecular weight is 412 g/mol. The smallest absolute Gasteiger partial charge is 0.282 e. The van der Waals surface area contributed by atoms with Crippen LogP contribution in [0.4, 0.5) is 14.7 Å². The lowest BCUT2D eigenvalue weighted by molar-refractivity contribution is 0.143. The van der Waals surface area contributed by atoms with Gasteiger partial charge in [0.15, 0.2) is 5.65 Å². The van der Waals surface area contributed by atoms with E-state index in [0.29, 0.717) is 28.9 Å². The van der Waals surface area contributed by atoms with E-state index in [1.54, 1.807) is 24.5 Å². The molecule has 1 aliphatic heterocycles. The number of hydrogen-bond acceptors (Lipinski definition) is 6. The number of anilines is 1. The molecule has 4 aromatic heterocycles. The van der Waals surface area contributed by atoms with Crippen LogP contribution in [-0.4, -0.2) is 61.1 Å². The number of likely N-dealkylation sites (tertiary alicyclic amines) is 1. The number of hydrogen-bond donors (Lipinski definition) is 2. The molecule has 2 N–H and O–H groups in total. The van der Waals surface area contributed by atoms with Gasteiger partial charge in [-0.05, 0) is 51.0 Å². The number of nitrogens with zero attached hydrogens (tertiary/aromatic N) is 6. The molecule has 0 unspecified atom stereocenters. The van der Waals surface area contributed by atoms with Crippen LogP contribution >= 0.6 is 0 Å². The van der Waals surface area contributed by atoms with Crippen molar-refractivity contribution in [3.63, 3.8) is 0 Å². The van der Waals surface area contributed by atoms with Crippen molar-refractivity contribution >= 4 is 22.6 Å². The minimum atomic E-state index is -2.65. The van der Waals surface area contributed by atoms with Gasteiger partial charge < -0.3 is 15.2 Å². The largest absolute Gasteiger partial charge is 0.354 e. The Balaban J connectivity index is 1.39. The van der Waals surface area contributed by atoms with Crippen LogP contribution in [0.2, 0.25) is 0 Å². The van der Waals surface area contributed by atoms with E-state index in [2.05, 4.69) is 42.3 Å². The van der Waals surface area contributed by atoms with Gasteiger partial charge in [0.2, 0.25) is 5.95 Å². The first-order valence-corrected chi connectivity index (χ1v) is 9.98. The maximum Gasteiger partial charge on any atom is 0.282 e. The summed E-state index contributed by atoms with van der Waals surface area (Å²) in [5.74, 6) is 1.20. The number of rotatable bonds is 5. The molecule has 1 fully saturated rings. The Labute approximate surface area is 171 Å². The first kappa shape index (κ1) is 18.9. The number of aromatic nitrogens is 6. The summed E-state index contributed by atoms with van der Waals surface area (Å²) in [5, 5.41) is 8.48. The quantitative estimate of drug-likeness (QED) is 0.523. The molecule has 0 amide bonds. The van der Waals surface area contributed by atoms with Crippen molar-refractivity contribution < 1.29 is 8.78 Å². The lowest BCUT2D eigenvalue weighted by Gasteiger charge is -2.28. The molecular formula is C20H22F2N8. The number of fused-ring (bicyclic) bond motifs is 2. The summed E-state index contributed by atoms with van der Waals surface area (Å²) < 4.78 is 27.6. The fourth-order valence-corrected chi connectivity index (χ4v) is 3.89. The van der Waals surface area contributed by atoms with Crippen molar-refractivity contribution in [2.45, 2.75) is 19.3 Å². The Bertz CT molecular complexity index is 1180. The number of imidazole rings is 1. The van der Waals surface area contributed by atoms with E-state index in [1.807, 2.05) is 0 Å². The molecule has 4 aromatic rings. The number of alkyl halides is 2. The summed E-state index contributed by atoms with van der Waals surface area (Å²) in [7, 11) is 2.15. The summed E-state index contributed by atoms with van der Waals surface area (Å²) in [4.78, 5) is 18.5. The molecule has 30 heavy (non-hydrogen) atoms. The lowest BCUT2D eigenvalue weighted by Crippen LogP contribution is -2.33. The second-order valence-electron chi connectivity index (χ2n) is 7.76. The van der Waals surface area contributed by atoms with Crippen molar-refractivity contribution in [1.82, 2.24) is 34.4 Å². The topological polar surface area (TPSA) is 87.0 Å². The maximum atomic E-state index is 13.2. The zero-order valence-electron chi connectivity index (χ0n) is 16.5. The molecule has 8 nitrogen and oxygen atoms in total. The fourth-order valence-electron chi connectivity index (χ4n) is 3.89. The van der Waals surface area contributed by atoms with E-state index < -0.39 is 6.43 Å². The van der Waals surface area contributed by atoms with Gasteiger partial charge in [-0.1, -0.05) is 0 Å². The van der Waals surface area contributed by atoms with Gasteiger partial charge in [-0.15, -0.1) is 0 Å². The van der Waals surface area contributed by atoms with Crippen molar-refractivity contribution in [2.24, 2.45) is 5.92 Å². The molecule has 0 saturated carbocycles. The van der Waals surface area contributed by atoms with E-state index in [1.165, 1.54) is 17.4 Å². The molecule has 0 atom stereocenters. The Morgan fingerprint density at radius 2 is 2.03 bits per heavy atom. The minimum Gasteiger partial charge on any atom is -0.354 e. The van der Waals surface area contributed by atoms with E-state index in [-0.39, 0.29) is 5.69 Å². The number of aromatic amines is 1. The summed E-state index contributed by atoms with van der Waals surface area (Å²) >= 11 is 0. The molecule has 0 aliphatic carbocycles. The lowest BCUT2D eigenvalue weighted by atomic mass is 9.97. The Hall–Kier alpha value is -3.14. The van der Waals surface area contributed by atoms with Gasteiger partial charge in [0, 0.05) is 29.9 Å². The van der Waals surface area contributed by atoms with E-state index in [9.17, 15) is 8.78 Å². The third-order valence-electron chi connectivity index (χ3n) is 5.71. The Morgan fingerprint density at radius 3 is 2.83 bits per heavy atom.